The summed E-state index contributed by atoms with van der Waals surface area (Å²) in [6.45, 7) is 4.55. The van der Waals surface area contributed by atoms with Crippen molar-refractivity contribution in [2.75, 3.05) is 0 Å². The Bertz CT molecular complexity index is 300. The van der Waals surface area contributed by atoms with Crippen molar-refractivity contribution in [1.82, 2.24) is 5.32 Å². The lowest BCUT2D eigenvalue weighted by molar-refractivity contribution is 0.418. The average Bonchev–Trinajstić information content (AvgIpc) is 3.01. The zero-order chi connectivity index (χ0) is 10.7. The first-order valence-electron chi connectivity index (χ1n) is 6.10. The van der Waals surface area contributed by atoms with E-state index in [9.17, 15) is 0 Å². The van der Waals surface area contributed by atoms with E-state index in [1.807, 2.05) is 0 Å². The fraction of sp³-hybridized carbons (Fsp3) is 0.571. The zero-order valence-corrected chi connectivity index (χ0v) is 9.79. The van der Waals surface area contributed by atoms with Crippen LogP contribution in [0, 0.1) is 0 Å². The smallest absolute Gasteiger partial charge is 0.0438 e. The number of hydrogen-bond donors (Lipinski definition) is 1. The standard InChI is InChI=1S/C14H21N/c1-3-7-12(2)15-14(10-11-14)13-8-5-4-6-9-13/h4-6,8-9,12,15H,3,7,10-11H2,1-2H3. The van der Waals surface area contributed by atoms with Gasteiger partial charge in [0.15, 0.2) is 0 Å². The predicted octanol–water partition coefficient (Wildman–Crippen LogP) is 3.45. The zero-order valence-electron chi connectivity index (χ0n) is 9.79. The van der Waals surface area contributed by atoms with Crippen molar-refractivity contribution in [3.05, 3.63) is 35.9 Å². The Morgan fingerprint density at radius 2 is 1.93 bits per heavy atom. The van der Waals surface area contributed by atoms with Crippen molar-refractivity contribution in [2.45, 2.75) is 51.1 Å². The van der Waals surface area contributed by atoms with Crippen LogP contribution in [0.3, 0.4) is 0 Å². The van der Waals surface area contributed by atoms with Gasteiger partial charge in [-0.3, -0.25) is 0 Å². The molecule has 1 atom stereocenters. The molecule has 0 amide bonds. The van der Waals surface area contributed by atoms with Gasteiger partial charge < -0.3 is 5.32 Å². The summed E-state index contributed by atoms with van der Waals surface area (Å²) in [4.78, 5) is 0. The second kappa shape index (κ2) is 4.36. The van der Waals surface area contributed by atoms with Crippen LogP contribution in [0.5, 0.6) is 0 Å². The maximum Gasteiger partial charge on any atom is 0.0438 e. The molecule has 15 heavy (non-hydrogen) atoms. The van der Waals surface area contributed by atoms with Crippen LogP contribution >= 0.6 is 0 Å². The van der Waals surface area contributed by atoms with Gasteiger partial charge in [-0.2, -0.15) is 0 Å². The second-order valence-electron chi connectivity index (χ2n) is 4.78. The van der Waals surface area contributed by atoms with Gasteiger partial charge in [-0.05, 0) is 31.7 Å². The maximum absolute atomic E-state index is 3.78. The molecule has 1 heteroatoms. The summed E-state index contributed by atoms with van der Waals surface area (Å²) in [6.07, 6.45) is 5.13. The van der Waals surface area contributed by atoms with Gasteiger partial charge in [0.25, 0.3) is 0 Å². The topological polar surface area (TPSA) is 12.0 Å². The van der Waals surface area contributed by atoms with Gasteiger partial charge in [-0.1, -0.05) is 43.7 Å². The Hall–Kier alpha value is -0.820. The Morgan fingerprint density at radius 3 is 2.47 bits per heavy atom. The molecule has 0 spiro atoms. The minimum absolute atomic E-state index is 0.315. The largest absolute Gasteiger partial charge is 0.305 e. The SMILES string of the molecule is CCCC(C)NC1(c2ccccc2)CC1. The molecular weight excluding hydrogens is 182 g/mol. The van der Waals surface area contributed by atoms with Crippen LogP contribution < -0.4 is 5.32 Å². The van der Waals surface area contributed by atoms with Crippen LogP contribution in [0.25, 0.3) is 0 Å². The normalized spacial score (nSPS) is 19.9. The van der Waals surface area contributed by atoms with Crippen LogP contribution in [0.1, 0.15) is 45.1 Å². The highest BCUT2D eigenvalue weighted by molar-refractivity contribution is 5.30. The van der Waals surface area contributed by atoms with E-state index < -0.39 is 0 Å². The van der Waals surface area contributed by atoms with Crippen molar-refractivity contribution in [3.63, 3.8) is 0 Å². The van der Waals surface area contributed by atoms with Crippen molar-refractivity contribution < 1.29 is 0 Å². The third-order valence-corrected chi connectivity index (χ3v) is 3.32. The monoisotopic (exact) mass is 203 g/mol. The molecule has 0 aromatic heterocycles. The molecule has 0 saturated heterocycles. The molecule has 1 fully saturated rings. The molecule has 1 saturated carbocycles. The summed E-state index contributed by atoms with van der Waals surface area (Å²) >= 11 is 0. The van der Waals surface area contributed by atoms with E-state index in [4.69, 9.17) is 0 Å². The van der Waals surface area contributed by atoms with E-state index in [0.29, 0.717) is 11.6 Å². The van der Waals surface area contributed by atoms with Crippen LogP contribution in [0.4, 0.5) is 0 Å². The molecule has 0 radical (unpaired) electrons. The van der Waals surface area contributed by atoms with E-state index in [0.717, 1.165) is 0 Å². The second-order valence-corrected chi connectivity index (χ2v) is 4.78. The third kappa shape index (κ3) is 2.40. The lowest BCUT2D eigenvalue weighted by Gasteiger charge is -2.23. The van der Waals surface area contributed by atoms with Crippen LogP contribution in [0.2, 0.25) is 0 Å². The summed E-state index contributed by atoms with van der Waals surface area (Å²) < 4.78 is 0. The van der Waals surface area contributed by atoms with Crippen LogP contribution in [-0.4, -0.2) is 6.04 Å². The Morgan fingerprint density at radius 1 is 1.27 bits per heavy atom. The molecule has 1 aliphatic carbocycles. The summed E-state index contributed by atoms with van der Waals surface area (Å²) in [7, 11) is 0. The highest BCUT2D eigenvalue weighted by Gasteiger charge is 2.44. The van der Waals surface area contributed by atoms with Crippen LogP contribution in [-0.2, 0) is 5.54 Å². The number of benzene rings is 1. The molecule has 1 N–H and O–H groups in total. The Labute approximate surface area is 92.9 Å². The highest BCUT2D eigenvalue weighted by Crippen LogP contribution is 2.45. The fourth-order valence-corrected chi connectivity index (χ4v) is 2.38. The summed E-state index contributed by atoms with van der Waals surface area (Å²) in [5.74, 6) is 0. The number of rotatable bonds is 5. The number of nitrogens with one attached hydrogen (secondary N) is 1. The van der Waals surface area contributed by atoms with Gasteiger partial charge in [0, 0.05) is 11.6 Å². The van der Waals surface area contributed by atoms with Crippen molar-refractivity contribution in [3.8, 4) is 0 Å². The summed E-state index contributed by atoms with van der Waals surface area (Å²) in [6, 6.07) is 11.5. The van der Waals surface area contributed by atoms with Gasteiger partial charge >= 0.3 is 0 Å². The minimum atomic E-state index is 0.315. The Kier molecular flexibility index (Phi) is 3.11. The molecule has 0 heterocycles. The van der Waals surface area contributed by atoms with E-state index in [1.54, 1.807) is 0 Å². The lowest BCUT2D eigenvalue weighted by Crippen LogP contribution is -2.36. The van der Waals surface area contributed by atoms with Crippen molar-refractivity contribution >= 4 is 0 Å². The van der Waals surface area contributed by atoms with Crippen LogP contribution in [0.15, 0.2) is 30.3 Å². The van der Waals surface area contributed by atoms with Gasteiger partial charge in [-0.25, -0.2) is 0 Å². The molecule has 1 nitrogen and oxygen atoms in total. The fourth-order valence-electron chi connectivity index (χ4n) is 2.38. The molecule has 1 aliphatic rings. The van der Waals surface area contributed by atoms with E-state index in [-0.39, 0.29) is 0 Å². The third-order valence-electron chi connectivity index (χ3n) is 3.32. The Balaban J connectivity index is 2.02. The highest BCUT2D eigenvalue weighted by atomic mass is 15.0. The predicted molar refractivity (Wildman–Crippen MR) is 64.9 cm³/mol. The lowest BCUT2D eigenvalue weighted by atomic mass is 10.0. The molecule has 0 aliphatic heterocycles. The molecular formula is C14H21N. The first kappa shape index (κ1) is 10.7. The van der Waals surface area contributed by atoms with Crippen molar-refractivity contribution in [2.24, 2.45) is 0 Å². The maximum atomic E-state index is 3.78. The van der Waals surface area contributed by atoms with E-state index in [2.05, 4.69) is 49.5 Å². The number of hydrogen-bond acceptors (Lipinski definition) is 1. The van der Waals surface area contributed by atoms with Gasteiger partial charge in [0.2, 0.25) is 0 Å². The quantitative estimate of drug-likeness (QED) is 0.773. The van der Waals surface area contributed by atoms with E-state index >= 15 is 0 Å². The molecule has 82 valence electrons. The van der Waals surface area contributed by atoms with Gasteiger partial charge in [0.05, 0.1) is 0 Å². The van der Waals surface area contributed by atoms with Crippen molar-refractivity contribution in [1.29, 1.82) is 0 Å². The average molecular weight is 203 g/mol. The molecule has 0 bridgehead atoms. The molecule has 1 unspecified atom stereocenters. The summed E-state index contributed by atoms with van der Waals surface area (Å²) in [5, 5.41) is 3.78. The molecule has 1 aromatic rings. The minimum Gasteiger partial charge on any atom is -0.305 e. The summed E-state index contributed by atoms with van der Waals surface area (Å²) in [5.41, 5.74) is 1.78. The molecule has 2 rings (SSSR count). The molecule has 1 aromatic carbocycles. The van der Waals surface area contributed by atoms with Gasteiger partial charge in [0.1, 0.15) is 0 Å². The first-order chi connectivity index (χ1) is 7.27. The first-order valence-corrected chi connectivity index (χ1v) is 6.10. The van der Waals surface area contributed by atoms with Gasteiger partial charge in [-0.15, -0.1) is 0 Å². The van der Waals surface area contributed by atoms with E-state index in [1.165, 1.54) is 31.2 Å².